The van der Waals surface area contributed by atoms with Crippen LogP contribution < -0.4 is 5.56 Å². The van der Waals surface area contributed by atoms with Crippen molar-refractivity contribution in [1.82, 2.24) is 4.57 Å². The Bertz CT molecular complexity index is 1290. The second-order valence-electron chi connectivity index (χ2n) is 7.59. The van der Waals surface area contributed by atoms with Crippen LogP contribution in [-0.2, 0) is 11.3 Å². The molecule has 1 aromatic heterocycles. The van der Waals surface area contributed by atoms with E-state index in [4.69, 9.17) is 4.74 Å². The Morgan fingerprint density at radius 3 is 2.21 bits per heavy atom. The number of rotatable bonds is 6. The topological polar surface area (TPSA) is 125 Å². The first-order valence-electron chi connectivity index (χ1n) is 10.5. The second kappa shape index (κ2) is 9.97. The zero-order chi connectivity index (χ0) is 23.2. The van der Waals surface area contributed by atoms with Crippen molar-refractivity contribution < 1.29 is 9.84 Å². The molecule has 1 unspecified atom stereocenters. The van der Waals surface area contributed by atoms with Crippen molar-refractivity contribution in [3.05, 3.63) is 76.1 Å². The summed E-state index contributed by atoms with van der Waals surface area (Å²) in [4.78, 5) is 13.0. The fourth-order valence-electron chi connectivity index (χ4n) is 3.52. The highest BCUT2D eigenvalue weighted by molar-refractivity contribution is 5.57. The second-order valence-corrected chi connectivity index (χ2v) is 7.59. The molecule has 9 nitrogen and oxygen atoms in total. The lowest BCUT2D eigenvalue weighted by atomic mass is 10.1. The smallest absolute Gasteiger partial charge is 0.281 e. The van der Waals surface area contributed by atoms with Gasteiger partial charge in [-0.05, 0) is 56.2 Å². The molecule has 0 spiro atoms. The van der Waals surface area contributed by atoms with Gasteiger partial charge >= 0.3 is 0 Å². The molecule has 33 heavy (non-hydrogen) atoms. The van der Waals surface area contributed by atoms with Crippen molar-refractivity contribution in [2.75, 3.05) is 6.61 Å². The SMILES string of the molecule is Cc1c(C#N)c(O)n(CC2CCCO2)c(=O)c1N=Nc1ccc(N=Nc2ccccc2)cc1. The molecule has 0 amide bonds. The van der Waals surface area contributed by atoms with E-state index in [1.54, 1.807) is 31.2 Å². The van der Waals surface area contributed by atoms with Gasteiger partial charge in [-0.2, -0.15) is 20.6 Å². The van der Waals surface area contributed by atoms with Gasteiger partial charge in [0.15, 0.2) is 5.69 Å². The molecule has 0 saturated carbocycles. The highest BCUT2D eigenvalue weighted by Gasteiger charge is 2.23. The molecular formula is C24H22N6O3. The van der Waals surface area contributed by atoms with E-state index in [0.29, 0.717) is 18.0 Å². The summed E-state index contributed by atoms with van der Waals surface area (Å²) >= 11 is 0. The third-order valence-electron chi connectivity index (χ3n) is 5.33. The van der Waals surface area contributed by atoms with Crippen LogP contribution in [0.15, 0.2) is 79.8 Å². The van der Waals surface area contributed by atoms with Crippen molar-refractivity contribution in [2.24, 2.45) is 20.5 Å². The summed E-state index contributed by atoms with van der Waals surface area (Å²) in [6.07, 6.45) is 1.49. The predicted molar refractivity (Wildman–Crippen MR) is 122 cm³/mol. The molecule has 166 valence electrons. The van der Waals surface area contributed by atoms with Crippen molar-refractivity contribution in [3.8, 4) is 11.9 Å². The van der Waals surface area contributed by atoms with Crippen molar-refractivity contribution in [3.63, 3.8) is 0 Å². The number of hydrogen-bond donors (Lipinski definition) is 1. The Kier molecular flexibility index (Phi) is 6.66. The quantitative estimate of drug-likeness (QED) is 0.488. The maximum Gasteiger partial charge on any atom is 0.281 e. The van der Waals surface area contributed by atoms with Gasteiger partial charge in [0.1, 0.15) is 11.6 Å². The summed E-state index contributed by atoms with van der Waals surface area (Å²) in [5, 5.41) is 36.6. The van der Waals surface area contributed by atoms with Gasteiger partial charge in [-0.15, -0.1) is 5.11 Å². The number of aromatic nitrogens is 1. The Labute approximate surface area is 190 Å². The summed E-state index contributed by atoms with van der Waals surface area (Å²) < 4.78 is 6.72. The van der Waals surface area contributed by atoms with Crippen LogP contribution in [0.2, 0.25) is 0 Å². The maximum atomic E-state index is 13.0. The third kappa shape index (κ3) is 5.02. The van der Waals surface area contributed by atoms with E-state index in [2.05, 4.69) is 20.5 Å². The fourth-order valence-corrected chi connectivity index (χ4v) is 3.52. The molecule has 2 aromatic carbocycles. The van der Waals surface area contributed by atoms with Crippen molar-refractivity contribution in [1.29, 1.82) is 5.26 Å². The van der Waals surface area contributed by atoms with Crippen LogP contribution in [0.25, 0.3) is 0 Å². The third-order valence-corrected chi connectivity index (χ3v) is 5.33. The number of hydrogen-bond acceptors (Lipinski definition) is 8. The minimum Gasteiger partial charge on any atom is -0.493 e. The van der Waals surface area contributed by atoms with Crippen LogP contribution in [0.5, 0.6) is 5.88 Å². The van der Waals surface area contributed by atoms with Gasteiger partial charge in [0.25, 0.3) is 5.56 Å². The first-order chi connectivity index (χ1) is 16.1. The average Bonchev–Trinajstić information content (AvgIpc) is 3.35. The molecular weight excluding hydrogens is 420 g/mol. The first-order valence-corrected chi connectivity index (χ1v) is 10.5. The van der Waals surface area contributed by atoms with E-state index >= 15 is 0 Å². The summed E-state index contributed by atoms with van der Waals surface area (Å²) in [5.41, 5.74) is 1.66. The molecule has 4 rings (SSSR count). The lowest BCUT2D eigenvalue weighted by Gasteiger charge is -2.16. The van der Waals surface area contributed by atoms with Crippen LogP contribution in [0, 0.1) is 18.3 Å². The molecule has 1 saturated heterocycles. The van der Waals surface area contributed by atoms with Crippen LogP contribution >= 0.6 is 0 Å². The standard InChI is InChI=1S/C24H22N6O3/c1-16-21(14-25)23(31)30(15-20-8-5-13-33-20)24(32)22(16)29-28-19-11-9-18(10-12-19)27-26-17-6-3-2-4-7-17/h2-4,6-7,9-12,20,31H,5,8,13,15H2,1H3. The van der Waals surface area contributed by atoms with Gasteiger partial charge in [0.2, 0.25) is 5.88 Å². The number of nitrogens with zero attached hydrogens (tertiary/aromatic N) is 6. The number of aromatic hydroxyl groups is 1. The zero-order valence-electron chi connectivity index (χ0n) is 18.0. The zero-order valence-corrected chi connectivity index (χ0v) is 18.0. The van der Waals surface area contributed by atoms with E-state index in [1.165, 1.54) is 0 Å². The van der Waals surface area contributed by atoms with Gasteiger partial charge < -0.3 is 9.84 Å². The molecule has 9 heteroatoms. The molecule has 1 atom stereocenters. The van der Waals surface area contributed by atoms with Gasteiger partial charge in [-0.25, -0.2) is 0 Å². The van der Waals surface area contributed by atoms with Gasteiger partial charge in [-0.3, -0.25) is 9.36 Å². The van der Waals surface area contributed by atoms with E-state index < -0.39 is 5.56 Å². The molecule has 0 aliphatic carbocycles. The van der Waals surface area contributed by atoms with Gasteiger partial charge in [-0.1, -0.05) is 18.2 Å². The van der Waals surface area contributed by atoms with Gasteiger partial charge in [0, 0.05) is 12.2 Å². The highest BCUT2D eigenvalue weighted by Crippen LogP contribution is 2.28. The Morgan fingerprint density at radius 2 is 1.64 bits per heavy atom. The van der Waals surface area contributed by atoms with Gasteiger partial charge in [0.05, 0.1) is 29.7 Å². The van der Waals surface area contributed by atoms with Crippen LogP contribution in [-0.4, -0.2) is 22.4 Å². The molecule has 1 fully saturated rings. The Morgan fingerprint density at radius 1 is 1.03 bits per heavy atom. The van der Waals surface area contributed by atoms with E-state index in [-0.39, 0.29) is 35.3 Å². The summed E-state index contributed by atoms with van der Waals surface area (Å²) in [6, 6.07) is 18.2. The molecule has 0 bridgehead atoms. The highest BCUT2D eigenvalue weighted by atomic mass is 16.5. The van der Waals surface area contributed by atoms with E-state index in [9.17, 15) is 15.2 Å². The summed E-state index contributed by atoms with van der Waals surface area (Å²) in [6.45, 7) is 2.34. The lowest BCUT2D eigenvalue weighted by Crippen LogP contribution is -2.27. The summed E-state index contributed by atoms with van der Waals surface area (Å²) in [7, 11) is 0. The van der Waals surface area contributed by atoms with E-state index in [1.807, 2.05) is 36.4 Å². The number of nitriles is 1. The van der Waals surface area contributed by atoms with Crippen LogP contribution in [0.3, 0.4) is 0 Å². The van der Waals surface area contributed by atoms with Crippen LogP contribution in [0.1, 0.15) is 24.0 Å². The fraction of sp³-hybridized carbons (Fsp3) is 0.250. The largest absolute Gasteiger partial charge is 0.493 e. The normalized spacial score (nSPS) is 15.9. The summed E-state index contributed by atoms with van der Waals surface area (Å²) in [5.74, 6) is -0.373. The molecule has 2 heterocycles. The Hall–Kier alpha value is -4.16. The lowest BCUT2D eigenvalue weighted by molar-refractivity contribution is 0.0939. The molecule has 1 aliphatic heterocycles. The monoisotopic (exact) mass is 442 g/mol. The molecule has 1 aliphatic rings. The number of benzene rings is 2. The minimum absolute atomic E-state index is 0.00165. The Balaban J connectivity index is 1.59. The first kappa shape index (κ1) is 22.0. The van der Waals surface area contributed by atoms with E-state index in [0.717, 1.165) is 23.1 Å². The predicted octanol–water partition coefficient (Wildman–Crippen LogP) is 5.74. The molecule has 3 aromatic rings. The molecule has 1 N–H and O–H groups in total. The number of pyridine rings is 1. The number of ether oxygens (including phenoxy) is 1. The molecule has 0 radical (unpaired) electrons. The maximum absolute atomic E-state index is 13.0. The minimum atomic E-state index is -0.517. The van der Waals surface area contributed by atoms with Crippen molar-refractivity contribution in [2.45, 2.75) is 32.4 Å². The van der Waals surface area contributed by atoms with Crippen molar-refractivity contribution >= 4 is 22.7 Å². The number of azo groups is 2. The average molecular weight is 442 g/mol. The van der Waals surface area contributed by atoms with Crippen LogP contribution in [0.4, 0.5) is 22.7 Å².